The molecule has 1 saturated carbocycles. The number of nitrogens with one attached hydrogen (secondary N) is 1. The minimum atomic E-state index is -0.818. The van der Waals surface area contributed by atoms with Crippen LogP contribution in [0.3, 0.4) is 0 Å². The second-order valence-electron chi connectivity index (χ2n) is 4.73. The van der Waals surface area contributed by atoms with Crippen LogP contribution >= 0.6 is 22.6 Å². The van der Waals surface area contributed by atoms with Gasteiger partial charge in [0.1, 0.15) is 0 Å². The maximum atomic E-state index is 11.9. The third-order valence-electron chi connectivity index (χ3n) is 3.33. The summed E-state index contributed by atoms with van der Waals surface area (Å²) < 4.78 is 1.03. The van der Waals surface area contributed by atoms with Crippen LogP contribution in [0.15, 0.2) is 18.2 Å². The number of hydrogen-bond acceptors (Lipinski definition) is 2. The normalized spacial score (nSPS) is 16.1. The van der Waals surface area contributed by atoms with Crippen molar-refractivity contribution in [2.75, 3.05) is 6.54 Å². The quantitative estimate of drug-likeness (QED) is 0.810. The molecule has 0 aliphatic heterocycles. The van der Waals surface area contributed by atoms with Crippen molar-refractivity contribution in [3.8, 4) is 0 Å². The van der Waals surface area contributed by atoms with Gasteiger partial charge in [-0.05, 0) is 60.1 Å². The van der Waals surface area contributed by atoms with Gasteiger partial charge >= 0.3 is 5.97 Å². The molecule has 18 heavy (non-hydrogen) atoms. The van der Waals surface area contributed by atoms with Crippen LogP contribution in [0.4, 0.5) is 0 Å². The number of rotatable bonds is 4. The Morgan fingerprint density at radius 1 is 1.44 bits per heavy atom. The number of aryl methyl sites for hydroxylation is 1. The monoisotopic (exact) mass is 359 g/mol. The van der Waals surface area contributed by atoms with Gasteiger partial charge in [0.25, 0.3) is 5.91 Å². The molecule has 0 atom stereocenters. The molecule has 1 fully saturated rings. The molecule has 2 rings (SSSR count). The lowest BCUT2D eigenvalue weighted by Crippen LogP contribution is -2.34. The molecular weight excluding hydrogens is 345 g/mol. The first-order valence-electron chi connectivity index (χ1n) is 5.72. The van der Waals surface area contributed by atoms with Crippen molar-refractivity contribution in [2.45, 2.75) is 19.8 Å². The number of carbonyl (C=O) groups excluding carboxylic acids is 1. The molecule has 0 heterocycles. The second-order valence-corrected chi connectivity index (χ2v) is 5.89. The lowest BCUT2D eigenvalue weighted by Gasteiger charge is -2.11. The summed E-state index contributed by atoms with van der Waals surface area (Å²) in [6, 6.07) is 5.46. The van der Waals surface area contributed by atoms with Crippen LogP contribution in [-0.4, -0.2) is 23.5 Å². The summed E-state index contributed by atoms with van der Waals surface area (Å²) >= 11 is 2.18. The Bertz CT molecular complexity index is 509. The summed E-state index contributed by atoms with van der Waals surface area (Å²) in [6.07, 6.45) is 1.29. The molecule has 4 nitrogen and oxygen atoms in total. The Kier molecular flexibility index (Phi) is 3.61. The number of carboxylic acid groups (broad SMARTS) is 1. The molecule has 2 N–H and O–H groups in total. The highest BCUT2D eigenvalue weighted by Gasteiger charge is 2.50. The Balaban J connectivity index is 2.00. The first-order valence-corrected chi connectivity index (χ1v) is 6.80. The molecule has 96 valence electrons. The Morgan fingerprint density at radius 3 is 2.61 bits per heavy atom. The highest BCUT2D eigenvalue weighted by Crippen LogP contribution is 2.45. The van der Waals surface area contributed by atoms with Crippen molar-refractivity contribution in [3.63, 3.8) is 0 Å². The molecule has 0 saturated heterocycles. The zero-order valence-electron chi connectivity index (χ0n) is 10.00. The Labute approximate surface area is 119 Å². The smallest absolute Gasteiger partial charge is 0.311 e. The molecule has 1 amide bonds. The molecule has 1 aromatic carbocycles. The summed E-state index contributed by atoms with van der Waals surface area (Å²) in [5.41, 5.74) is 0.982. The number of aliphatic carboxylic acids is 1. The lowest BCUT2D eigenvalue weighted by atomic mass is 10.1. The number of benzene rings is 1. The van der Waals surface area contributed by atoms with E-state index in [4.69, 9.17) is 5.11 Å². The van der Waals surface area contributed by atoms with Crippen LogP contribution < -0.4 is 5.32 Å². The van der Waals surface area contributed by atoms with Gasteiger partial charge in [0.15, 0.2) is 0 Å². The molecular formula is C13H14INO3. The van der Waals surface area contributed by atoms with Crippen molar-refractivity contribution >= 4 is 34.5 Å². The van der Waals surface area contributed by atoms with E-state index in [-0.39, 0.29) is 12.5 Å². The van der Waals surface area contributed by atoms with Gasteiger partial charge in [0, 0.05) is 15.7 Å². The van der Waals surface area contributed by atoms with E-state index in [0.29, 0.717) is 18.4 Å². The van der Waals surface area contributed by atoms with Crippen molar-refractivity contribution in [1.82, 2.24) is 5.32 Å². The minimum absolute atomic E-state index is 0.208. The molecule has 1 aromatic rings. The SMILES string of the molecule is Cc1ccc(C(=O)NCC2(C(=O)O)CC2)cc1I. The van der Waals surface area contributed by atoms with Crippen LogP contribution in [0.2, 0.25) is 0 Å². The molecule has 0 unspecified atom stereocenters. The summed E-state index contributed by atoms with van der Waals surface area (Å²) in [5.74, 6) is -1.03. The standard InChI is InChI=1S/C13H14INO3/c1-8-2-3-9(6-10(8)14)11(16)15-7-13(4-5-13)12(17)18/h2-3,6H,4-5,7H2,1H3,(H,15,16)(H,17,18). The molecule has 1 aliphatic carbocycles. The Morgan fingerprint density at radius 2 is 2.11 bits per heavy atom. The van der Waals surface area contributed by atoms with E-state index in [1.807, 2.05) is 19.1 Å². The van der Waals surface area contributed by atoms with Gasteiger partial charge in [-0.3, -0.25) is 9.59 Å². The first-order chi connectivity index (χ1) is 8.44. The molecule has 0 radical (unpaired) electrons. The van der Waals surface area contributed by atoms with E-state index in [0.717, 1.165) is 9.13 Å². The molecule has 0 aromatic heterocycles. The van der Waals surface area contributed by atoms with Gasteiger partial charge < -0.3 is 10.4 Å². The Hall–Kier alpha value is -1.11. The topological polar surface area (TPSA) is 66.4 Å². The van der Waals surface area contributed by atoms with Gasteiger partial charge in [0.2, 0.25) is 0 Å². The second kappa shape index (κ2) is 4.87. The van der Waals surface area contributed by atoms with Crippen LogP contribution in [0.25, 0.3) is 0 Å². The number of halogens is 1. The zero-order valence-corrected chi connectivity index (χ0v) is 12.2. The summed E-state index contributed by atoms with van der Waals surface area (Å²) in [4.78, 5) is 22.9. The molecule has 0 spiro atoms. The first kappa shape index (κ1) is 13.3. The number of hydrogen-bond donors (Lipinski definition) is 2. The van der Waals surface area contributed by atoms with Crippen LogP contribution in [0.5, 0.6) is 0 Å². The average molecular weight is 359 g/mol. The molecule has 0 bridgehead atoms. The number of amides is 1. The predicted molar refractivity (Wildman–Crippen MR) is 75.5 cm³/mol. The van der Waals surface area contributed by atoms with Crippen LogP contribution in [0.1, 0.15) is 28.8 Å². The van der Waals surface area contributed by atoms with Gasteiger partial charge in [-0.1, -0.05) is 6.07 Å². The molecule has 1 aliphatic rings. The summed E-state index contributed by atoms with van der Waals surface area (Å²) in [6.45, 7) is 2.19. The van der Waals surface area contributed by atoms with E-state index < -0.39 is 11.4 Å². The largest absolute Gasteiger partial charge is 0.481 e. The highest BCUT2D eigenvalue weighted by atomic mass is 127. The minimum Gasteiger partial charge on any atom is -0.481 e. The van der Waals surface area contributed by atoms with E-state index in [9.17, 15) is 9.59 Å². The van der Waals surface area contributed by atoms with Crippen molar-refractivity contribution in [1.29, 1.82) is 0 Å². The summed E-state index contributed by atoms with van der Waals surface area (Å²) in [5, 5.41) is 11.7. The lowest BCUT2D eigenvalue weighted by molar-refractivity contribution is -0.143. The third kappa shape index (κ3) is 2.66. The van der Waals surface area contributed by atoms with Crippen LogP contribution in [-0.2, 0) is 4.79 Å². The molecule has 5 heteroatoms. The van der Waals surface area contributed by atoms with E-state index in [1.54, 1.807) is 6.07 Å². The highest BCUT2D eigenvalue weighted by molar-refractivity contribution is 14.1. The number of carboxylic acids is 1. The van der Waals surface area contributed by atoms with E-state index in [2.05, 4.69) is 27.9 Å². The number of carbonyl (C=O) groups is 2. The fourth-order valence-electron chi connectivity index (χ4n) is 1.70. The van der Waals surface area contributed by atoms with E-state index >= 15 is 0 Å². The van der Waals surface area contributed by atoms with Gasteiger partial charge in [0.05, 0.1) is 5.41 Å². The fourth-order valence-corrected chi connectivity index (χ4v) is 2.22. The summed E-state index contributed by atoms with van der Waals surface area (Å²) in [7, 11) is 0. The zero-order chi connectivity index (χ0) is 13.3. The maximum Gasteiger partial charge on any atom is 0.311 e. The van der Waals surface area contributed by atoms with Gasteiger partial charge in [-0.25, -0.2) is 0 Å². The predicted octanol–water partition coefficient (Wildman–Crippen LogP) is 2.19. The van der Waals surface area contributed by atoms with Gasteiger partial charge in [-0.15, -0.1) is 0 Å². The van der Waals surface area contributed by atoms with Crippen molar-refractivity contribution in [3.05, 3.63) is 32.9 Å². The van der Waals surface area contributed by atoms with Crippen molar-refractivity contribution < 1.29 is 14.7 Å². The van der Waals surface area contributed by atoms with Crippen molar-refractivity contribution in [2.24, 2.45) is 5.41 Å². The van der Waals surface area contributed by atoms with Gasteiger partial charge in [-0.2, -0.15) is 0 Å². The maximum absolute atomic E-state index is 11.9. The van der Waals surface area contributed by atoms with Crippen LogP contribution in [0, 0.1) is 15.9 Å². The average Bonchev–Trinajstić information content (AvgIpc) is 3.11. The van der Waals surface area contributed by atoms with E-state index in [1.165, 1.54) is 0 Å². The third-order valence-corrected chi connectivity index (χ3v) is 4.49. The fraction of sp³-hybridized carbons (Fsp3) is 0.385.